The van der Waals surface area contributed by atoms with Crippen molar-refractivity contribution >= 4 is 17.5 Å². The van der Waals surface area contributed by atoms with Crippen LogP contribution in [0.5, 0.6) is 0 Å². The lowest BCUT2D eigenvalue weighted by Crippen LogP contribution is -2.33. The number of nitrogens with one attached hydrogen (secondary N) is 1. The van der Waals surface area contributed by atoms with Crippen LogP contribution in [0.25, 0.3) is 0 Å². The van der Waals surface area contributed by atoms with Crippen LogP contribution in [-0.4, -0.2) is 47.1 Å². The van der Waals surface area contributed by atoms with E-state index in [1.54, 1.807) is 0 Å². The van der Waals surface area contributed by atoms with E-state index in [4.69, 9.17) is 10.8 Å². The quantitative estimate of drug-likeness (QED) is 0.733. The average Bonchev–Trinajstić information content (AvgIpc) is 2.94. The number of hydrogen-bond donors (Lipinski definition) is 3. The highest BCUT2D eigenvalue weighted by atomic mass is 16.4. The zero-order valence-corrected chi connectivity index (χ0v) is 11.8. The number of carboxylic acid groups (broad SMARTS) is 1. The number of pyridine rings is 1. The summed E-state index contributed by atoms with van der Waals surface area (Å²) >= 11 is 0. The zero-order chi connectivity index (χ0) is 14.5. The third kappa shape index (κ3) is 3.60. The van der Waals surface area contributed by atoms with Gasteiger partial charge in [-0.15, -0.1) is 0 Å². The summed E-state index contributed by atoms with van der Waals surface area (Å²) in [6.07, 6.45) is 6.61. The van der Waals surface area contributed by atoms with Crippen molar-refractivity contribution in [1.82, 2.24) is 9.88 Å². The second-order valence-electron chi connectivity index (χ2n) is 5.32. The van der Waals surface area contributed by atoms with Crippen LogP contribution >= 0.6 is 0 Å². The fourth-order valence-electron chi connectivity index (χ4n) is 2.66. The summed E-state index contributed by atoms with van der Waals surface area (Å²) in [7, 11) is 2.12. The second kappa shape index (κ2) is 6.56. The average molecular weight is 278 g/mol. The van der Waals surface area contributed by atoms with Crippen LogP contribution in [0.3, 0.4) is 0 Å². The molecule has 0 unspecified atom stereocenters. The van der Waals surface area contributed by atoms with Crippen LogP contribution in [0, 0.1) is 0 Å². The van der Waals surface area contributed by atoms with E-state index in [9.17, 15) is 4.79 Å². The van der Waals surface area contributed by atoms with Crippen LogP contribution in [0.4, 0.5) is 11.5 Å². The number of nitrogen functional groups attached to an aromatic ring is 1. The van der Waals surface area contributed by atoms with Crippen molar-refractivity contribution in [1.29, 1.82) is 0 Å². The molecule has 110 valence electrons. The maximum Gasteiger partial charge on any atom is 0.339 e. The first-order chi connectivity index (χ1) is 9.58. The van der Waals surface area contributed by atoms with Crippen molar-refractivity contribution in [3.05, 3.63) is 17.8 Å². The summed E-state index contributed by atoms with van der Waals surface area (Å²) in [6, 6.07) is 2.09. The van der Waals surface area contributed by atoms with E-state index in [0.29, 0.717) is 24.1 Å². The molecule has 1 aromatic rings. The van der Waals surface area contributed by atoms with E-state index in [1.165, 1.54) is 37.9 Å². The predicted molar refractivity (Wildman–Crippen MR) is 79.0 cm³/mol. The summed E-state index contributed by atoms with van der Waals surface area (Å²) in [5.41, 5.74) is 6.04. The second-order valence-corrected chi connectivity index (χ2v) is 5.32. The summed E-state index contributed by atoms with van der Waals surface area (Å²) in [4.78, 5) is 17.5. The Morgan fingerprint density at radius 1 is 1.55 bits per heavy atom. The minimum atomic E-state index is -1.02. The van der Waals surface area contributed by atoms with Gasteiger partial charge in [-0.3, -0.25) is 0 Å². The van der Waals surface area contributed by atoms with Gasteiger partial charge in [0.05, 0.1) is 11.9 Å². The van der Waals surface area contributed by atoms with E-state index in [0.717, 1.165) is 6.54 Å². The molecule has 1 aliphatic carbocycles. The molecule has 1 aliphatic rings. The van der Waals surface area contributed by atoms with Crippen molar-refractivity contribution in [2.45, 2.75) is 31.7 Å². The Morgan fingerprint density at radius 3 is 2.90 bits per heavy atom. The van der Waals surface area contributed by atoms with Crippen molar-refractivity contribution < 1.29 is 9.90 Å². The largest absolute Gasteiger partial charge is 0.478 e. The van der Waals surface area contributed by atoms with Crippen LogP contribution < -0.4 is 11.1 Å². The first-order valence-electron chi connectivity index (χ1n) is 7.01. The van der Waals surface area contributed by atoms with Crippen LogP contribution in [0.1, 0.15) is 36.0 Å². The topological polar surface area (TPSA) is 91.5 Å². The van der Waals surface area contributed by atoms with E-state index < -0.39 is 5.97 Å². The number of nitrogens with zero attached hydrogens (tertiary/aromatic N) is 2. The van der Waals surface area contributed by atoms with Gasteiger partial charge in [0.2, 0.25) is 0 Å². The van der Waals surface area contributed by atoms with Gasteiger partial charge in [-0.05, 0) is 26.0 Å². The third-order valence-corrected chi connectivity index (χ3v) is 3.84. The molecule has 1 fully saturated rings. The smallest absolute Gasteiger partial charge is 0.339 e. The molecule has 6 heteroatoms. The SMILES string of the molecule is CN(CCNc1ncc(N)cc1C(=O)O)C1CCCC1. The molecule has 2 rings (SSSR count). The van der Waals surface area contributed by atoms with E-state index in [-0.39, 0.29) is 5.56 Å². The van der Waals surface area contributed by atoms with Crippen LogP contribution in [0.15, 0.2) is 12.3 Å². The lowest BCUT2D eigenvalue weighted by molar-refractivity contribution is 0.0697. The van der Waals surface area contributed by atoms with Gasteiger partial charge < -0.3 is 21.1 Å². The van der Waals surface area contributed by atoms with E-state index in [2.05, 4.69) is 22.2 Å². The number of hydrogen-bond acceptors (Lipinski definition) is 5. The number of likely N-dealkylation sites (N-methyl/N-ethyl adjacent to an activating group) is 1. The lowest BCUT2D eigenvalue weighted by atomic mass is 10.2. The molecule has 0 bridgehead atoms. The Labute approximate surface area is 119 Å². The highest BCUT2D eigenvalue weighted by Crippen LogP contribution is 2.22. The Hall–Kier alpha value is -1.82. The highest BCUT2D eigenvalue weighted by Gasteiger charge is 2.19. The zero-order valence-electron chi connectivity index (χ0n) is 11.8. The molecular formula is C14H22N4O2. The molecule has 0 aliphatic heterocycles. The minimum Gasteiger partial charge on any atom is -0.478 e. The van der Waals surface area contributed by atoms with Gasteiger partial charge in [0, 0.05) is 19.1 Å². The molecule has 1 saturated carbocycles. The number of nitrogens with two attached hydrogens (primary N) is 1. The molecule has 0 radical (unpaired) electrons. The minimum absolute atomic E-state index is 0.119. The van der Waals surface area contributed by atoms with Crippen LogP contribution in [0.2, 0.25) is 0 Å². The Bertz CT molecular complexity index is 472. The third-order valence-electron chi connectivity index (χ3n) is 3.84. The van der Waals surface area contributed by atoms with Crippen LogP contribution in [-0.2, 0) is 0 Å². The summed E-state index contributed by atoms with van der Waals surface area (Å²) in [5, 5.41) is 12.2. The molecule has 1 heterocycles. The fourth-order valence-corrected chi connectivity index (χ4v) is 2.66. The lowest BCUT2D eigenvalue weighted by Gasteiger charge is -2.24. The Balaban J connectivity index is 1.89. The molecule has 0 amide bonds. The molecule has 6 nitrogen and oxygen atoms in total. The number of aromatic nitrogens is 1. The number of anilines is 2. The standard InChI is InChI=1S/C14H22N4O2/c1-18(11-4-2-3-5-11)7-6-16-13-12(14(19)20)8-10(15)9-17-13/h8-9,11H,2-7,15H2,1H3,(H,16,17)(H,19,20). The molecular weight excluding hydrogens is 256 g/mol. The molecule has 0 spiro atoms. The summed E-state index contributed by atoms with van der Waals surface area (Å²) in [6.45, 7) is 1.54. The first kappa shape index (κ1) is 14.6. The maximum atomic E-state index is 11.1. The van der Waals surface area contributed by atoms with Gasteiger partial charge in [0.1, 0.15) is 11.4 Å². The normalized spacial score (nSPS) is 15.7. The molecule has 0 aromatic carbocycles. The molecule has 20 heavy (non-hydrogen) atoms. The van der Waals surface area contributed by atoms with Gasteiger partial charge in [-0.2, -0.15) is 0 Å². The van der Waals surface area contributed by atoms with Gasteiger partial charge in [0.25, 0.3) is 0 Å². The number of carbonyl (C=O) groups is 1. The molecule has 0 atom stereocenters. The number of aromatic carboxylic acids is 1. The molecule has 0 saturated heterocycles. The maximum absolute atomic E-state index is 11.1. The molecule has 1 aromatic heterocycles. The monoisotopic (exact) mass is 278 g/mol. The summed E-state index contributed by atoms with van der Waals surface area (Å²) < 4.78 is 0. The van der Waals surface area contributed by atoms with Gasteiger partial charge in [0.15, 0.2) is 0 Å². The van der Waals surface area contributed by atoms with Crippen molar-refractivity contribution in [3.8, 4) is 0 Å². The van der Waals surface area contributed by atoms with Gasteiger partial charge in [-0.25, -0.2) is 9.78 Å². The fraction of sp³-hybridized carbons (Fsp3) is 0.571. The number of carboxylic acids is 1. The highest BCUT2D eigenvalue weighted by molar-refractivity contribution is 5.94. The van der Waals surface area contributed by atoms with Gasteiger partial charge in [-0.1, -0.05) is 12.8 Å². The van der Waals surface area contributed by atoms with Crippen molar-refractivity contribution in [2.24, 2.45) is 0 Å². The van der Waals surface area contributed by atoms with Crippen molar-refractivity contribution in [2.75, 3.05) is 31.2 Å². The van der Waals surface area contributed by atoms with Crippen molar-refractivity contribution in [3.63, 3.8) is 0 Å². The van der Waals surface area contributed by atoms with E-state index in [1.807, 2.05) is 0 Å². The summed E-state index contributed by atoms with van der Waals surface area (Å²) in [5.74, 6) is -0.636. The van der Waals surface area contributed by atoms with Gasteiger partial charge >= 0.3 is 5.97 Å². The predicted octanol–water partition coefficient (Wildman–Crippen LogP) is 1.65. The Kier molecular flexibility index (Phi) is 4.79. The van der Waals surface area contributed by atoms with E-state index >= 15 is 0 Å². The Morgan fingerprint density at radius 2 is 2.25 bits per heavy atom. The first-order valence-corrected chi connectivity index (χ1v) is 7.01. The molecule has 4 N–H and O–H groups in total. The number of rotatable bonds is 6.